The number of benzene rings is 3. The number of fused-ring (bicyclic) bond motifs is 1. The van der Waals surface area contributed by atoms with Crippen molar-refractivity contribution < 1.29 is 32.2 Å². The molecular weight excluding hydrogens is 568 g/mol. The molecule has 0 radical (unpaired) electrons. The number of nitrogens with one attached hydrogen (secondary N) is 3. The third-order valence-electron chi connectivity index (χ3n) is 6.39. The Bertz CT molecular complexity index is 1720. The van der Waals surface area contributed by atoms with Gasteiger partial charge < -0.3 is 20.5 Å². The molecule has 2 aromatic heterocycles. The second-order valence-electron chi connectivity index (χ2n) is 9.57. The van der Waals surface area contributed by atoms with Gasteiger partial charge in [-0.05, 0) is 65.2 Å². The fraction of sp³-hybridized carbons (Fsp3) is 0.167. The number of pyridine rings is 1. The van der Waals surface area contributed by atoms with Gasteiger partial charge in [-0.1, -0.05) is 30.3 Å². The van der Waals surface area contributed by atoms with Gasteiger partial charge in [-0.15, -0.1) is 5.10 Å². The summed E-state index contributed by atoms with van der Waals surface area (Å²) in [4.78, 5) is 16.8. The van der Waals surface area contributed by atoms with Crippen molar-refractivity contribution in [2.45, 2.75) is 18.8 Å². The summed E-state index contributed by atoms with van der Waals surface area (Å²) >= 11 is 0. The number of alkyl halides is 3. The van der Waals surface area contributed by atoms with Gasteiger partial charge in [-0.3, -0.25) is 10.1 Å². The minimum atomic E-state index is -4.46. The number of aliphatic hydroxyl groups is 1. The number of amides is 1. The molecule has 0 saturated heterocycles. The van der Waals surface area contributed by atoms with Crippen molar-refractivity contribution in [3.63, 3.8) is 0 Å². The lowest BCUT2D eigenvalue weighted by Crippen LogP contribution is -2.32. The van der Waals surface area contributed by atoms with Crippen molar-refractivity contribution in [3.05, 3.63) is 102 Å². The lowest BCUT2D eigenvalue weighted by atomic mass is 10.1. The van der Waals surface area contributed by atoms with Crippen molar-refractivity contribution >= 4 is 28.9 Å². The number of methoxy groups -OCH3 is 1. The first-order valence-electron chi connectivity index (χ1n) is 13.0. The number of halogens is 4. The summed E-state index contributed by atoms with van der Waals surface area (Å²) in [6.07, 6.45) is -4.09. The average Bonchev–Trinajstić information content (AvgIpc) is 3.39. The van der Waals surface area contributed by atoms with Crippen LogP contribution in [0.5, 0.6) is 5.75 Å². The summed E-state index contributed by atoms with van der Waals surface area (Å²) in [5.74, 6) is -0.0543. The Balaban J connectivity index is 1.25. The Labute approximate surface area is 243 Å². The second kappa shape index (κ2) is 12.5. The molecule has 1 amide bonds. The van der Waals surface area contributed by atoms with E-state index in [4.69, 9.17) is 4.74 Å². The van der Waals surface area contributed by atoms with E-state index in [2.05, 4.69) is 20.7 Å². The van der Waals surface area contributed by atoms with E-state index in [0.29, 0.717) is 22.6 Å². The Hall–Kier alpha value is -5.01. The van der Waals surface area contributed by atoms with Crippen LogP contribution in [0.4, 0.5) is 34.9 Å². The molecule has 3 aromatic carbocycles. The summed E-state index contributed by atoms with van der Waals surface area (Å²) in [6.45, 7) is -1.34. The maximum atomic E-state index is 13.1. The Morgan fingerprint density at radius 1 is 1.00 bits per heavy atom. The summed E-state index contributed by atoms with van der Waals surface area (Å²) in [7, 11) is 1.39. The highest BCUT2D eigenvalue weighted by Gasteiger charge is 2.28. The lowest BCUT2D eigenvalue weighted by molar-refractivity contribution is -0.131. The maximum Gasteiger partial charge on any atom is 0.401 e. The molecule has 0 aliphatic rings. The van der Waals surface area contributed by atoms with Gasteiger partial charge in [0.05, 0.1) is 25.8 Å². The number of aliphatic hydroxyl groups excluding tert-OH is 1. The fourth-order valence-electron chi connectivity index (χ4n) is 4.28. The molecule has 9 nitrogen and oxygen atoms in total. The highest BCUT2D eigenvalue weighted by molar-refractivity contribution is 5.92. The van der Waals surface area contributed by atoms with E-state index in [9.17, 15) is 27.5 Å². The van der Waals surface area contributed by atoms with Crippen molar-refractivity contribution in [3.8, 4) is 16.9 Å². The third kappa shape index (κ3) is 7.64. The molecule has 5 aromatic rings. The van der Waals surface area contributed by atoms with E-state index in [1.54, 1.807) is 47.1 Å². The van der Waals surface area contributed by atoms with Gasteiger partial charge >= 0.3 is 6.18 Å². The van der Waals surface area contributed by atoms with Crippen LogP contribution in [0.2, 0.25) is 0 Å². The van der Waals surface area contributed by atoms with Crippen LogP contribution >= 0.6 is 0 Å². The standard InChI is InChI=1S/C30H26F4N6O3/c1-43-25-15-20(28(42)35-17-30(32,33)34)6-12-24(25)37-29-38-26-13-7-21(16-40(26)39-29)19-4-10-23(11-5-19)36-27(41)14-18-2-8-22(31)9-3-18/h2-13,15-16,28,35,42H,14,17H2,1H3,(H,36,41)(H,37,39). The topological polar surface area (TPSA) is 113 Å². The van der Waals surface area contributed by atoms with E-state index < -0.39 is 18.9 Å². The molecule has 0 aliphatic carbocycles. The Morgan fingerprint density at radius 2 is 1.72 bits per heavy atom. The molecule has 1 unspecified atom stereocenters. The van der Waals surface area contributed by atoms with Crippen LogP contribution in [0.3, 0.4) is 0 Å². The molecule has 0 saturated carbocycles. The van der Waals surface area contributed by atoms with E-state index in [1.165, 1.54) is 31.4 Å². The van der Waals surface area contributed by atoms with Crippen LogP contribution in [-0.2, 0) is 11.2 Å². The number of carbonyl (C=O) groups is 1. The van der Waals surface area contributed by atoms with Gasteiger partial charge in [0.25, 0.3) is 0 Å². The first kappa shape index (κ1) is 29.5. The van der Waals surface area contributed by atoms with Crippen molar-refractivity contribution in [2.24, 2.45) is 0 Å². The van der Waals surface area contributed by atoms with Crippen LogP contribution in [-0.4, -0.2) is 45.4 Å². The van der Waals surface area contributed by atoms with Crippen LogP contribution < -0.4 is 20.7 Å². The summed E-state index contributed by atoms with van der Waals surface area (Å²) in [6, 6.07) is 21.1. The number of nitrogens with zero attached hydrogens (tertiary/aromatic N) is 3. The number of ether oxygens (including phenoxy) is 1. The molecular formula is C30H26F4N6O3. The molecule has 4 N–H and O–H groups in total. The average molecular weight is 595 g/mol. The van der Waals surface area contributed by atoms with Crippen molar-refractivity contribution in [2.75, 3.05) is 24.3 Å². The highest BCUT2D eigenvalue weighted by Crippen LogP contribution is 2.30. The SMILES string of the molecule is COc1cc(C(O)NCC(F)(F)F)ccc1Nc1nc2ccc(-c3ccc(NC(=O)Cc4ccc(F)cc4)cc3)cn2n1. The minimum absolute atomic E-state index is 0.124. The molecule has 43 heavy (non-hydrogen) atoms. The van der Waals surface area contributed by atoms with Crippen molar-refractivity contribution in [1.29, 1.82) is 0 Å². The molecule has 2 heterocycles. The first-order valence-corrected chi connectivity index (χ1v) is 13.0. The van der Waals surface area contributed by atoms with Crippen LogP contribution in [0.15, 0.2) is 85.1 Å². The number of hydrogen-bond acceptors (Lipinski definition) is 7. The summed E-state index contributed by atoms with van der Waals surface area (Å²) in [5, 5.41) is 22.4. The fourth-order valence-corrected chi connectivity index (χ4v) is 4.28. The lowest BCUT2D eigenvalue weighted by Gasteiger charge is -2.17. The van der Waals surface area contributed by atoms with E-state index in [0.717, 1.165) is 11.1 Å². The van der Waals surface area contributed by atoms with Gasteiger partial charge in [0.15, 0.2) is 5.65 Å². The second-order valence-corrected chi connectivity index (χ2v) is 9.57. The zero-order chi connectivity index (χ0) is 30.6. The van der Waals surface area contributed by atoms with Crippen LogP contribution in [0.25, 0.3) is 16.8 Å². The largest absolute Gasteiger partial charge is 0.495 e. The maximum absolute atomic E-state index is 13.1. The molecule has 1 atom stereocenters. The summed E-state index contributed by atoms with van der Waals surface area (Å²) < 4.78 is 57.4. The quantitative estimate of drug-likeness (QED) is 0.123. The van der Waals surface area contributed by atoms with Crippen LogP contribution in [0.1, 0.15) is 17.4 Å². The van der Waals surface area contributed by atoms with E-state index >= 15 is 0 Å². The molecule has 0 aliphatic heterocycles. The van der Waals surface area contributed by atoms with Gasteiger partial charge in [0, 0.05) is 17.4 Å². The number of rotatable bonds is 10. The molecule has 0 fully saturated rings. The molecule has 5 rings (SSSR count). The predicted octanol–water partition coefficient (Wildman–Crippen LogP) is 5.61. The highest BCUT2D eigenvalue weighted by atomic mass is 19.4. The van der Waals surface area contributed by atoms with Crippen molar-refractivity contribution in [1.82, 2.24) is 19.9 Å². The number of anilines is 3. The molecule has 13 heteroatoms. The van der Waals surface area contributed by atoms with E-state index in [1.807, 2.05) is 23.5 Å². The predicted molar refractivity (Wildman–Crippen MR) is 152 cm³/mol. The number of carbonyl (C=O) groups excluding carboxylic acids is 1. The normalized spacial score (nSPS) is 12.2. The molecule has 0 bridgehead atoms. The van der Waals surface area contributed by atoms with Gasteiger partial charge in [-0.25, -0.2) is 8.91 Å². The zero-order valence-electron chi connectivity index (χ0n) is 22.7. The number of hydrogen-bond donors (Lipinski definition) is 4. The Morgan fingerprint density at radius 3 is 2.42 bits per heavy atom. The minimum Gasteiger partial charge on any atom is -0.495 e. The molecule has 0 spiro atoms. The van der Waals surface area contributed by atoms with E-state index in [-0.39, 0.29) is 35.4 Å². The monoisotopic (exact) mass is 594 g/mol. The number of aromatic nitrogens is 3. The third-order valence-corrected chi connectivity index (χ3v) is 6.39. The van der Waals surface area contributed by atoms with Gasteiger partial charge in [-0.2, -0.15) is 18.2 Å². The van der Waals surface area contributed by atoms with Gasteiger partial charge in [0.1, 0.15) is 17.8 Å². The van der Waals surface area contributed by atoms with Gasteiger partial charge in [0.2, 0.25) is 11.9 Å². The zero-order valence-corrected chi connectivity index (χ0v) is 22.7. The summed E-state index contributed by atoms with van der Waals surface area (Å²) in [5.41, 5.74) is 4.23. The molecule has 222 valence electrons. The smallest absolute Gasteiger partial charge is 0.401 e. The van der Waals surface area contributed by atoms with Crippen LogP contribution in [0, 0.1) is 5.82 Å². The first-order chi connectivity index (χ1) is 20.6. The Kier molecular flexibility index (Phi) is 8.55.